The first kappa shape index (κ1) is 27.9. The van der Waals surface area contributed by atoms with E-state index in [1.54, 1.807) is 0 Å². The van der Waals surface area contributed by atoms with Gasteiger partial charge in [0.2, 0.25) is 0 Å². The van der Waals surface area contributed by atoms with Gasteiger partial charge in [-0.3, -0.25) is 14.9 Å². The number of rotatable bonds is 22. The number of aliphatic hydroxyl groups is 1. The molecule has 0 heterocycles. The molecule has 0 aromatic rings. The summed E-state index contributed by atoms with van der Waals surface area (Å²) in [5.41, 5.74) is 0. The molecule has 0 saturated carbocycles. The zero-order valence-electron chi connectivity index (χ0n) is 18.5. The maximum atomic E-state index is 11.1. The van der Waals surface area contributed by atoms with Crippen LogP contribution in [0.1, 0.15) is 122 Å². The van der Waals surface area contributed by atoms with Crippen molar-refractivity contribution in [2.75, 3.05) is 0 Å². The predicted octanol–water partition coefficient (Wildman–Crippen LogP) is 5.47. The van der Waals surface area contributed by atoms with Crippen LogP contribution in [0.2, 0.25) is 0 Å². The second kappa shape index (κ2) is 20.1. The Morgan fingerprint density at radius 3 is 1.48 bits per heavy atom. The van der Waals surface area contributed by atoms with E-state index in [1.807, 2.05) is 6.92 Å². The van der Waals surface area contributed by atoms with Crippen LogP contribution in [0.25, 0.3) is 0 Å². The number of nitrogens with one attached hydrogen (secondary N) is 1. The van der Waals surface area contributed by atoms with Crippen LogP contribution in [0.4, 0.5) is 0 Å². The van der Waals surface area contributed by atoms with E-state index in [0.29, 0.717) is 19.3 Å². The van der Waals surface area contributed by atoms with Crippen molar-refractivity contribution in [1.29, 1.82) is 0 Å². The van der Waals surface area contributed by atoms with Gasteiger partial charge in [-0.1, -0.05) is 90.4 Å². The molecule has 0 aliphatic heterocycles. The van der Waals surface area contributed by atoms with Crippen LogP contribution >= 0.6 is 0 Å². The monoisotopic (exact) mass is 415 g/mol. The van der Waals surface area contributed by atoms with Crippen molar-refractivity contribution >= 4 is 11.9 Å². The summed E-state index contributed by atoms with van der Waals surface area (Å²) >= 11 is 0. The Morgan fingerprint density at radius 2 is 1.10 bits per heavy atom. The van der Waals surface area contributed by atoms with E-state index in [1.165, 1.54) is 57.8 Å². The van der Waals surface area contributed by atoms with Gasteiger partial charge in [-0.05, 0) is 25.7 Å². The number of aliphatic hydroxyl groups excluding tert-OH is 1. The zero-order valence-corrected chi connectivity index (χ0v) is 18.5. The molecule has 172 valence electrons. The van der Waals surface area contributed by atoms with Gasteiger partial charge in [-0.2, -0.15) is 0 Å². The predicted molar refractivity (Wildman–Crippen MR) is 117 cm³/mol. The Hall–Kier alpha value is -1.14. The van der Waals surface area contributed by atoms with Gasteiger partial charge in [0.1, 0.15) is 12.3 Å². The Labute approximate surface area is 177 Å². The van der Waals surface area contributed by atoms with Crippen molar-refractivity contribution in [2.24, 2.45) is 0 Å². The molecule has 0 aromatic heterocycles. The summed E-state index contributed by atoms with van der Waals surface area (Å²) in [5.74, 6) is -1.57. The molecule has 0 saturated heterocycles. The van der Waals surface area contributed by atoms with E-state index in [-0.39, 0.29) is 0 Å². The van der Waals surface area contributed by atoms with Crippen LogP contribution in [0, 0.1) is 0 Å². The summed E-state index contributed by atoms with van der Waals surface area (Å²) in [6.07, 6.45) is 17.9. The third-order valence-electron chi connectivity index (χ3n) is 5.39. The van der Waals surface area contributed by atoms with Gasteiger partial charge in [0.15, 0.2) is 0 Å². The number of carboxylic acid groups (broad SMARTS) is 2. The van der Waals surface area contributed by atoms with E-state index in [4.69, 9.17) is 10.2 Å². The Bertz CT molecular complexity index is 403. The Kier molecular flexibility index (Phi) is 19.4. The van der Waals surface area contributed by atoms with E-state index in [0.717, 1.165) is 38.5 Å². The summed E-state index contributed by atoms with van der Waals surface area (Å²) in [4.78, 5) is 21.5. The zero-order chi connectivity index (χ0) is 21.7. The molecular formula is C23H45NO5. The molecule has 2 unspecified atom stereocenters. The van der Waals surface area contributed by atoms with Gasteiger partial charge < -0.3 is 15.3 Å². The molecule has 2 atom stereocenters. The van der Waals surface area contributed by atoms with Gasteiger partial charge in [0.05, 0.1) is 0 Å². The van der Waals surface area contributed by atoms with E-state index < -0.39 is 24.2 Å². The largest absolute Gasteiger partial charge is 0.481 e. The standard InChI is InChI=1S/C23H45NO5/c1-2-17-20(23(28)29)24-21(25)18-15-13-11-9-7-5-3-4-6-8-10-12-14-16-19-22(26)27/h20-21,24-25H,2-19H2,1H3,(H,26,27)(H,28,29). The molecule has 0 spiro atoms. The van der Waals surface area contributed by atoms with Crippen LogP contribution in [0.5, 0.6) is 0 Å². The smallest absolute Gasteiger partial charge is 0.320 e. The summed E-state index contributed by atoms with van der Waals surface area (Å²) in [5, 5.41) is 30.4. The summed E-state index contributed by atoms with van der Waals surface area (Å²) in [7, 11) is 0. The van der Waals surface area contributed by atoms with E-state index in [2.05, 4.69) is 5.32 Å². The quantitative estimate of drug-likeness (QED) is 0.138. The number of hydrogen-bond acceptors (Lipinski definition) is 4. The number of aliphatic carboxylic acids is 2. The van der Waals surface area contributed by atoms with Crippen molar-refractivity contribution < 1.29 is 24.9 Å². The fraction of sp³-hybridized carbons (Fsp3) is 0.913. The molecular weight excluding hydrogens is 370 g/mol. The molecule has 4 N–H and O–H groups in total. The third kappa shape index (κ3) is 19.9. The van der Waals surface area contributed by atoms with Crippen molar-refractivity contribution in [1.82, 2.24) is 5.32 Å². The van der Waals surface area contributed by atoms with Crippen molar-refractivity contribution in [3.63, 3.8) is 0 Å². The van der Waals surface area contributed by atoms with E-state index >= 15 is 0 Å². The molecule has 0 aromatic carbocycles. The van der Waals surface area contributed by atoms with Crippen molar-refractivity contribution in [3.8, 4) is 0 Å². The number of carboxylic acids is 2. The fourth-order valence-electron chi connectivity index (χ4n) is 3.62. The average Bonchev–Trinajstić information content (AvgIpc) is 2.67. The minimum Gasteiger partial charge on any atom is -0.481 e. The van der Waals surface area contributed by atoms with Gasteiger partial charge in [-0.25, -0.2) is 0 Å². The Morgan fingerprint density at radius 1 is 0.690 bits per heavy atom. The lowest BCUT2D eigenvalue weighted by Crippen LogP contribution is -2.43. The first-order valence-corrected chi connectivity index (χ1v) is 11.9. The number of carbonyl (C=O) groups is 2. The maximum Gasteiger partial charge on any atom is 0.320 e. The van der Waals surface area contributed by atoms with Gasteiger partial charge in [-0.15, -0.1) is 0 Å². The Balaban J connectivity index is 3.31. The lowest BCUT2D eigenvalue weighted by atomic mass is 10.0. The second-order valence-electron chi connectivity index (χ2n) is 8.24. The van der Waals surface area contributed by atoms with Crippen LogP contribution < -0.4 is 5.32 Å². The minimum absolute atomic E-state index is 0.307. The topological polar surface area (TPSA) is 107 Å². The summed E-state index contributed by atoms with van der Waals surface area (Å²) < 4.78 is 0. The lowest BCUT2D eigenvalue weighted by molar-refractivity contribution is -0.141. The van der Waals surface area contributed by atoms with Gasteiger partial charge in [0, 0.05) is 6.42 Å². The lowest BCUT2D eigenvalue weighted by Gasteiger charge is -2.18. The fourth-order valence-corrected chi connectivity index (χ4v) is 3.62. The third-order valence-corrected chi connectivity index (χ3v) is 5.39. The van der Waals surface area contributed by atoms with Gasteiger partial charge >= 0.3 is 11.9 Å². The van der Waals surface area contributed by atoms with E-state index in [9.17, 15) is 14.7 Å². The first-order valence-electron chi connectivity index (χ1n) is 11.9. The number of unbranched alkanes of at least 4 members (excludes halogenated alkanes) is 13. The highest BCUT2D eigenvalue weighted by molar-refractivity contribution is 5.73. The minimum atomic E-state index is -0.887. The summed E-state index contributed by atoms with van der Waals surface area (Å²) in [6, 6.07) is -0.646. The van der Waals surface area contributed by atoms with Crippen LogP contribution in [0.3, 0.4) is 0 Å². The van der Waals surface area contributed by atoms with Crippen LogP contribution in [-0.2, 0) is 9.59 Å². The first-order chi connectivity index (χ1) is 14.0. The molecule has 0 fully saturated rings. The second-order valence-corrected chi connectivity index (χ2v) is 8.24. The van der Waals surface area contributed by atoms with Gasteiger partial charge in [0.25, 0.3) is 0 Å². The molecule has 0 amide bonds. The van der Waals surface area contributed by atoms with Crippen molar-refractivity contribution in [3.05, 3.63) is 0 Å². The molecule has 0 rings (SSSR count). The number of hydrogen-bond donors (Lipinski definition) is 4. The summed E-state index contributed by atoms with van der Waals surface area (Å²) in [6.45, 7) is 1.94. The molecule has 6 heteroatoms. The molecule has 6 nitrogen and oxygen atoms in total. The molecule has 0 aliphatic rings. The van der Waals surface area contributed by atoms with Crippen molar-refractivity contribution in [2.45, 2.75) is 135 Å². The SMILES string of the molecule is CCCC(NC(O)CCCCCCCCCCCCCCCCC(=O)O)C(=O)O. The average molecular weight is 416 g/mol. The normalized spacial score (nSPS) is 13.3. The van der Waals surface area contributed by atoms with Crippen LogP contribution in [0.15, 0.2) is 0 Å². The molecule has 29 heavy (non-hydrogen) atoms. The molecule has 0 aliphatic carbocycles. The molecule has 0 radical (unpaired) electrons. The molecule has 0 bridgehead atoms. The highest BCUT2D eigenvalue weighted by Gasteiger charge is 2.18. The highest BCUT2D eigenvalue weighted by Crippen LogP contribution is 2.14. The maximum absolute atomic E-state index is 11.1. The van der Waals surface area contributed by atoms with Crippen LogP contribution in [-0.4, -0.2) is 39.5 Å². The highest BCUT2D eigenvalue weighted by atomic mass is 16.4.